The molecule has 0 radical (unpaired) electrons. The van der Waals surface area contributed by atoms with Crippen LogP contribution in [0.1, 0.15) is 19.4 Å². The van der Waals surface area contributed by atoms with E-state index >= 15 is 0 Å². The molecule has 0 unspecified atom stereocenters. The molecule has 23 heavy (non-hydrogen) atoms. The monoisotopic (exact) mass is 313 g/mol. The highest BCUT2D eigenvalue weighted by Crippen LogP contribution is 2.28. The van der Waals surface area contributed by atoms with E-state index in [0.717, 1.165) is 0 Å². The van der Waals surface area contributed by atoms with Crippen molar-refractivity contribution in [1.29, 1.82) is 0 Å². The first kappa shape index (κ1) is 16.5. The number of nitro benzene ring substituents is 1. The Bertz CT molecular complexity index is 726. The zero-order valence-corrected chi connectivity index (χ0v) is 12.9. The Kier molecular flexibility index (Phi) is 5.30. The third-order valence-electron chi connectivity index (χ3n) is 2.98. The Hall–Kier alpha value is -2.89. The van der Waals surface area contributed by atoms with Gasteiger partial charge in [-0.3, -0.25) is 15.1 Å². The molecule has 0 amide bonds. The van der Waals surface area contributed by atoms with E-state index in [0.29, 0.717) is 24.0 Å². The number of para-hydroxylation sites is 2. The lowest BCUT2D eigenvalue weighted by Crippen LogP contribution is -2.04. The molecular weight excluding hydrogens is 296 g/mol. The molecule has 0 aliphatic heterocycles. The van der Waals surface area contributed by atoms with Crippen molar-refractivity contribution < 1.29 is 14.8 Å². The van der Waals surface area contributed by atoms with Gasteiger partial charge in [0.25, 0.3) is 5.69 Å². The fourth-order valence-electron chi connectivity index (χ4n) is 1.83. The summed E-state index contributed by atoms with van der Waals surface area (Å²) in [5, 5.41) is 22.6. The van der Waals surface area contributed by atoms with Crippen molar-refractivity contribution in [3.8, 4) is 11.5 Å². The van der Waals surface area contributed by atoms with Crippen LogP contribution in [0.25, 0.3) is 0 Å². The van der Waals surface area contributed by atoms with Crippen LogP contribution in [-0.2, 0) is 0 Å². The number of aliphatic imine (C=N–C) groups is 1. The normalized spacial score (nSPS) is 11.1. The van der Waals surface area contributed by atoms with Gasteiger partial charge < -0.3 is 9.84 Å². The van der Waals surface area contributed by atoms with Gasteiger partial charge in [-0.15, -0.1) is 0 Å². The van der Waals surface area contributed by atoms with Gasteiger partial charge in [0.15, 0.2) is 0 Å². The SMILES string of the molecule is CC(C)COc1ccccc1N=Cc1cc([N+](=O)[O-])ccc1[O-]. The number of non-ortho nitro benzene ring substituents is 1. The number of ether oxygens (including phenoxy) is 1. The first-order valence-electron chi connectivity index (χ1n) is 7.18. The lowest BCUT2D eigenvalue weighted by atomic mass is 10.2. The van der Waals surface area contributed by atoms with Crippen LogP contribution in [0, 0.1) is 16.0 Å². The Morgan fingerprint density at radius 1 is 1.26 bits per heavy atom. The first-order chi connectivity index (χ1) is 11.0. The van der Waals surface area contributed by atoms with E-state index < -0.39 is 4.92 Å². The van der Waals surface area contributed by atoms with Crippen LogP contribution in [0.5, 0.6) is 11.5 Å². The van der Waals surface area contributed by atoms with E-state index in [-0.39, 0.29) is 17.0 Å². The molecule has 0 N–H and O–H groups in total. The van der Waals surface area contributed by atoms with E-state index in [1.165, 1.54) is 24.4 Å². The summed E-state index contributed by atoms with van der Waals surface area (Å²) in [6.07, 6.45) is 1.33. The summed E-state index contributed by atoms with van der Waals surface area (Å²) in [5.41, 5.74) is 0.590. The van der Waals surface area contributed by atoms with Crippen molar-refractivity contribution >= 4 is 17.6 Å². The number of hydrogen-bond donors (Lipinski definition) is 0. The molecule has 0 spiro atoms. The van der Waals surface area contributed by atoms with E-state index in [2.05, 4.69) is 4.99 Å². The second kappa shape index (κ2) is 7.40. The Balaban J connectivity index is 2.27. The van der Waals surface area contributed by atoms with Crippen molar-refractivity contribution in [1.82, 2.24) is 0 Å². The van der Waals surface area contributed by atoms with Crippen LogP contribution in [0.4, 0.5) is 11.4 Å². The van der Waals surface area contributed by atoms with E-state index in [9.17, 15) is 15.2 Å². The minimum Gasteiger partial charge on any atom is -0.872 e. The van der Waals surface area contributed by atoms with Gasteiger partial charge >= 0.3 is 0 Å². The molecular formula is C17H17N2O4-. The number of benzene rings is 2. The number of nitro groups is 1. The van der Waals surface area contributed by atoms with E-state index in [1.807, 2.05) is 19.9 Å². The Morgan fingerprint density at radius 2 is 2.00 bits per heavy atom. The highest BCUT2D eigenvalue weighted by Gasteiger charge is 2.06. The van der Waals surface area contributed by atoms with Crippen molar-refractivity contribution in [2.45, 2.75) is 13.8 Å². The van der Waals surface area contributed by atoms with Gasteiger partial charge in [0.05, 0.1) is 11.5 Å². The summed E-state index contributed by atoms with van der Waals surface area (Å²) >= 11 is 0. The van der Waals surface area contributed by atoms with Crippen LogP contribution in [0.15, 0.2) is 47.5 Å². The number of nitrogens with zero attached hydrogens (tertiary/aromatic N) is 2. The second-order valence-corrected chi connectivity index (χ2v) is 5.41. The summed E-state index contributed by atoms with van der Waals surface area (Å²) in [7, 11) is 0. The summed E-state index contributed by atoms with van der Waals surface area (Å²) in [6, 6.07) is 10.7. The average Bonchev–Trinajstić information content (AvgIpc) is 2.52. The topological polar surface area (TPSA) is 87.8 Å². The highest BCUT2D eigenvalue weighted by atomic mass is 16.6. The van der Waals surface area contributed by atoms with Gasteiger partial charge in [0, 0.05) is 18.3 Å². The molecule has 0 saturated carbocycles. The molecule has 6 heteroatoms. The first-order valence-corrected chi connectivity index (χ1v) is 7.18. The van der Waals surface area contributed by atoms with Gasteiger partial charge in [-0.25, -0.2) is 0 Å². The van der Waals surface area contributed by atoms with Crippen molar-refractivity contribution in [3.63, 3.8) is 0 Å². The van der Waals surface area contributed by atoms with Gasteiger partial charge in [-0.2, -0.15) is 0 Å². The third kappa shape index (κ3) is 4.54. The van der Waals surface area contributed by atoms with Crippen LogP contribution in [0.3, 0.4) is 0 Å². The van der Waals surface area contributed by atoms with Gasteiger partial charge in [0.2, 0.25) is 0 Å². The fraction of sp³-hybridized carbons (Fsp3) is 0.235. The smallest absolute Gasteiger partial charge is 0.270 e. The maximum Gasteiger partial charge on any atom is 0.270 e. The summed E-state index contributed by atoms with van der Waals surface area (Å²) < 4.78 is 5.68. The molecule has 0 saturated heterocycles. The molecule has 0 aliphatic rings. The van der Waals surface area contributed by atoms with Crippen molar-refractivity contribution in [2.24, 2.45) is 10.9 Å². The predicted molar refractivity (Wildman–Crippen MR) is 86.6 cm³/mol. The predicted octanol–water partition coefficient (Wildman–Crippen LogP) is 3.45. The lowest BCUT2D eigenvalue weighted by Gasteiger charge is -2.11. The van der Waals surface area contributed by atoms with Crippen LogP contribution in [-0.4, -0.2) is 17.7 Å². The Labute approximate surface area is 134 Å². The molecule has 120 valence electrons. The maximum atomic E-state index is 11.8. The average molecular weight is 313 g/mol. The quantitative estimate of drug-likeness (QED) is 0.464. The lowest BCUT2D eigenvalue weighted by molar-refractivity contribution is -0.385. The zero-order valence-electron chi connectivity index (χ0n) is 12.9. The zero-order chi connectivity index (χ0) is 16.8. The van der Waals surface area contributed by atoms with Crippen LogP contribution < -0.4 is 9.84 Å². The third-order valence-corrected chi connectivity index (χ3v) is 2.98. The van der Waals surface area contributed by atoms with E-state index in [1.54, 1.807) is 18.2 Å². The second-order valence-electron chi connectivity index (χ2n) is 5.41. The molecule has 0 atom stereocenters. The molecule has 0 fully saturated rings. The summed E-state index contributed by atoms with van der Waals surface area (Å²) in [5.74, 6) is 0.660. The van der Waals surface area contributed by atoms with Gasteiger partial charge in [0.1, 0.15) is 11.4 Å². The van der Waals surface area contributed by atoms with Crippen molar-refractivity contribution in [2.75, 3.05) is 6.61 Å². The minimum atomic E-state index is -0.545. The number of rotatable bonds is 6. The molecule has 0 heterocycles. The molecule has 6 nitrogen and oxygen atoms in total. The minimum absolute atomic E-state index is 0.143. The van der Waals surface area contributed by atoms with Crippen LogP contribution >= 0.6 is 0 Å². The van der Waals surface area contributed by atoms with E-state index in [4.69, 9.17) is 4.74 Å². The standard InChI is InChI=1S/C17H18N2O4/c1-12(2)11-23-17-6-4-3-5-15(17)18-10-13-9-14(19(21)22)7-8-16(13)20/h3-10,12,20H,11H2,1-2H3/p-1. The molecule has 0 bridgehead atoms. The fourth-order valence-corrected chi connectivity index (χ4v) is 1.83. The maximum absolute atomic E-state index is 11.8. The van der Waals surface area contributed by atoms with Gasteiger partial charge in [-0.05, 0) is 23.6 Å². The molecule has 0 aromatic heterocycles. The summed E-state index contributed by atoms with van der Waals surface area (Å²) in [6.45, 7) is 4.63. The molecule has 0 aliphatic carbocycles. The summed E-state index contributed by atoms with van der Waals surface area (Å²) in [4.78, 5) is 14.5. The van der Waals surface area contributed by atoms with Gasteiger partial charge in [-0.1, -0.05) is 37.8 Å². The highest BCUT2D eigenvalue weighted by molar-refractivity contribution is 5.86. The largest absolute Gasteiger partial charge is 0.872 e. The molecule has 2 aromatic carbocycles. The van der Waals surface area contributed by atoms with Crippen molar-refractivity contribution in [3.05, 3.63) is 58.1 Å². The molecule has 2 rings (SSSR count). The Morgan fingerprint density at radius 3 is 2.70 bits per heavy atom. The van der Waals surface area contributed by atoms with Crippen LogP contribution in [0.2, 0.25) is 0 Å². The number of hydrogen-bond acceptors (Lipinski definition) is 5. The molecule has 2 aromatic rings.